The van der Waals surface area contributed by atoms with E-state index in [1.807, 2.05) is 26.8 Å². The third-order valence-electron chi connectivity index (χ3n) is 4.90. The van der Waals surface area contributed by atoms with Crippen molar-refractivity contribution >= 4 is 12.0 Å². The standard InChI is InChI=1S/C24H29FO5.Na/c1-14(2)21-11-15(3)24(30-4)23(16-5-7-17(25)8-6-16)20(21)10-9-18(26)12-19(27)13-22(28)29;/h5-11,14,18-19,26-27H,12-13H2,1-4H3,(H,28,29);/q;+1/p-1/b10-9+;. The number of carboxylic acids is 1. The van der Waals surface area contributed by atoms with E-state index in [1.165, 1.54) is 18.2 Å². The van der Waals surface area contributed by atoms with E-state index < -0.39 is 24.6 Å². The average Bonchev–Trinajstić information content (AvgIpc) is 2.66. The van der Waals surface area contributed by atoms with Gasteiger partial charge in [0.15, 0.2) is 0 Å². The van der Waals surface area contributed by atoms with Crippen molar-refractivity contribution < 1.29 is 58.8 Å². The number of halogens is 1. The number of hydrogen-bond acceptors (Lipinski definition) is 5. The number of methoxy groups -OCH3 is 1. The molecule has 0 saturated heterocycles. The summed E-state index contributed by atoms with van der Waals surface area (Å²) < 4.78 is 19.1. The van der Waals surface area contributed by atoms with Gasteiger partial charge in [-0.05, 0) is 47.2 Å². The molecule has 31 heavy (non-hydrogen) atoms. The minimum atomic E-state index is -1.37. The zero-order valence-electron chi connectivity index (χ0n) is 18.7. The van der Waals surface area contributed by atoms with E-state index >= 15 is 0 Å². The van der Waals surface area contributed by atoms with Gasteiger partial charge >= 0.3 is 29.6 Å². The first-order chi connectivity index (χ1) is 14.1. The summed E-state index contributed by atoms with van der Waals surface area (Å²) in [6.45, 7) is 6.04. The van der Waals surface area contributed by atoms with Crippen molar-refractivity contribution in [3.05, 3.63) is 58.9 Å². The summed E-state index contributed by atoms with van der Waals surface area (Å²) in [5.41, 5.74) is 4.31. The van der Waals surface area contributed by atoms with Crippen LogP contribution in [0.4, 0.5) is 4.39 Å². The topological polar surface area (TPSA) is 89.8 Å². The maximum atomic E-state index is 13.5. The van der Waals surface area contributed by atoms with Gasteiger partial charge in [-0.3, -0.25) is 0 Å². The van der Waals surface area contributed by atoms with Gasteiger partial charge in [0, 0.05) is 24.4 Å². The van der Waals surface area contributed by atoms with Crippen molar-refractivity contribution in [2.75, 3.05) is 7.11 Å². The first-order valence-corrected chi connectivity index (χ1v) is 9.85. The summed E-state index contributed by atoms with van der Waals surface area (Å²) in [7, 11) is 1.57. The number of benzene rings is 2. The van der Waals surface area contributed by atoms with Crippen LogP contribution in [0.25, 0.3) is 17.2 Å². The molecule has 0 aliphatic heterocycles. The molecule has 0 fully saturated rings. The smallest absolute Gasteiger partial charge is 0.550 e. The van der Waals surface area contributed by atoms with E-state index in [0.717, 1.165) is 27.8 Å². The molecular formula is C24H28FNaO5. The van der Waals surface area contributed by atoms with Crippen molar-refractivity contribution in [2.24, 2.45) is 0 Å². The fourth-order valence-corrected chi connectivity index (χ4v) is 3.50. The molecule has 0 bridgehead atoms. The molecule has 7 heteroatoms. The van der Waals surface area contributed by atoms with Crippen LogP contribution < -0.4 is 39.4 Å². The molecule has 0 heterocycles. The van der Waals surface area contributed by atoms with E-state index in [9.17, 15) is 24.5 Å². The number of aliphatic hydroxyl groups excluding tert-OH is 2. The van der Waals surface area contributed by atoms with Crippen LogP contribution in [-0.4, -0.2) is 35.5 Å². The molecule has 2 atom stereocenters. The van der Waals surface area contributed by atoms with Gasteiger partial charge < -0.3 is 24.9 Å². The second kappa shape index (κ2) is 12.4. The molecule has 2 N–H and O–H groups in total. The van der Waals surface area contributed by atoms with Gasteiger partial charge in [0.25, 0.3) is 0 Å². The van der Waals surface area contributed by atoms with Crippen molar-refractivity contribution in [3.63, 3.8) is 0 Å². The van der Waals surface area contributed by atoms with Gasteiger partial charge in [-0.15, -0.1) is 0 Å². The molecule has 0 spiro atoms. The molecule has 0 aliphatic carbocycles. The Kier molecular flexibility index (Phi) is 10.9. The van der Waals surface area contributed by atoms with Gasteiger partial charge in [0.2, 0.25) is 0 Å². The number of aryl methyl sites for hydroxylation is 1. The summed E-state index contributed by atoms with van der Waals surface area (Å²) in [4.78, 5) is 10.6. The molecule has 2 rings (SSSR count). The van der Waals surface area contributed by atoms with Crippen LogP contribution in [0.5, 0.6) is 5.75 Å². The van der Waals surface area contributed by atoms with Crippen LogP contribution in [0.3, 0.4) is 0 Å². The molecule has 0 aromatic heterocycles. The Balaban J connectivity index is 0.00000480. The number of carbonyl (C=O) groups excluding carboxylic acids is 1. The number of rotatable bonds is 9. The summed E-state index contributed by atoms with van der Waals surface area (Å²) in [6.07, 6.45) is 0.335. The molecule has 162 valence electrons. The summed E-state index contributed by atoms with van der Waals surface area (Å²) >= 11 is 0. The van der Waals surface area contributed by atoms with E-state index in [4.69, 9.17) is 4.74 Å². The van der Waals surface area contributed by atoms with Gasteiger partial charge in [0.1, 0.15) is 11.6 Å². The Hall–Kier alpha value is -1.70. The Labute approximate surface area is 204 Å². The van der Waals surface area contributed by atoms with E-state index in [2.05, 4.69) is 0 Å². The van der Waals surface area contributed by atoms with Crippen molar-refractivity contribution in [1.82, 2.24) is 0 Å². The third-order valence-corrected chi connectivity index (χ3v) is 4.90. The van der Waals surface area contributed by atoms with Crippen LogP contribution >= 0.6 is 0 Å². The minimum absolute atomic E-state index is 0. The summed E-state index contributed by atoms with van der Waals surface area (Å²) in [5, 5.41) is 30.6. The van der Waals surface area contributed by atoms with E-state index in [1.54, 1.807) is 25.3 Å². The third kappa shape index (κ3) is 7.44. The first-order valence-electron chi connectivity index (χ1n) is 9.85. The Bertz CT molecular complexity index is 909. The summed E-state index contributed by atoms with van der Waals surface area (Å²) in [6, 6.07) is 8.13. The quantitative estimate of drug-likeness (QED) is 0.546. The fourth-order valence-electron chi connectivity index (χ4n) is 3.50. The molecule has 2 aromatic rings. The van der Waals surface area contributed by atoms with Crippen LogP contribution in [0, 0.1) is 12.7 Å². The van der Waals surface area contributed by atoms with Crippen LogP contribution in [0.15, 0.2) is 36.4 Å². The molecule has 0 radical (unpaired) electrons. The number of aliphatic carboxylic acids is 1. The molecule has 0 saturated carbocycles. The van der Waals surface area contributed by atoms with Crippen LogP contribution in [0.2, 0.25) is 0 Å². The summed E-state index contributed by atoms with van der Waals surface area (Å²) in [5.74, 6) is -0.905. The number of hydrogen-bond donors (Lipinski definition) is 2. The van der Waals surface area contributed by atoms with Gasteiger partial charge in [0.05, 0.1) is 19.3 Å². The number of ether oxygens (including phenoxy) is 1. The predicted octanol–water partition coefficient (Wildman–Crippen LogP) is 0.202. The van der Waals surface area contributed by atoms with Crippen molar-refractivity contribution in [2.45, 2.75) is 51.7 Å². The van der Waals surface area contributed by atoms with Gasteiger partial charge in [-0.25, -0.2) is 4.39 Å². The first kappa shape index (κ1) is 27.3. The molecule has 0 aliphatic rings. The maximum Gasteiger partial charge on any atom is 1.00 e. The predicted molar refractivity (Wildman–Crippen MR) is 113 cm³/mol. The average molecular weight is 438 g/mol. The Morgan fingerprint density at radius 3 is 2.35 bits per heavy atom. The second-order valence-corrected chi connectivity index (χ2v) is 7.66. The SMILES string of the molecule is COc1c(C)cc(C(C)C)c(/C=C/C(O)CC(O)CC(=O)[O-])c1-c1ccc(F)cc1.[Na+]. The number of carboxylic acid groups (broad SMARTS) is 1. The van der Waals surface area contributed by atoms with Gasteiger partial charge in [-0.1, -0.05) is 44.2 Å². The monoisotopic (exact) mass is 438 g/mol. The molecule has 2 aromatic carbocycles. The molecule has 2 unspecified atom stereocenters. The van der Waals surface area contributed by atoms with E-state index in [-0.39, 0.29) is 47.7 Å². The zero-order chi connectivity index (χ0) is 22.4. The van der Waals surface area contributed by atoms with Crippen LogP contribution in [0.1, 0.15) is 49.3 Å². The van der Waals surface area contributed by atoms with E-state index in [0.29, 0.717) is 5.75 Å². The normalized spacial score (nSPS) is 13.2. The van der Waals surface area contributed by atoms with Crippen molar-refractivity contribution in [1.29, 1.82) is 0 Å². The van der Waals surface area contributed by atoms with Gasteiger partial charge in [-0.2, -0.15) is 0 Å². The molecule has 5 nitrogen and oxygen atoms in total. The minimum Gasteiger partial charge on any atom is -0.550 e. The van der Waals surface area contributed by atoms with Crippen LogP contribution in [-0.2, 0) is 4.79 Å². The Morgan fingerprint density at radius 2 is 1.84 bits per heavy atom. The molecular weight excluding hydrogens is 410 g/mol. The Morgan fingerprint density at radius 1 is 1.23 bits per heavy atom. The fraction of sp³-hybridized carbons (Fsp3) is 0.375. The zero-order valence-corrected chi connectivity index (χ0v) is 20.7. The number of aliphatic hydroxyl groups is 2. The number of carbonyl (C=O) groups is 1. The largest absolute Gasteiger partial charge is 1.00 e. The second-order valence-electron chi connectivity index (χ2n) is 7.66. The molecule has 0 amide bonds. The van der Waals surface area contributed by atoms with Crippen molar-refractivity contribution in [3.8, 4) is 16.9 Å². The maximum absolute atomic E-state index is 13.5.